The number of aliphatic hydroxyl groups is 1. The molecule has 0 aromatic heterocycles. The van der Waals surface area contributed by atoms with Crippen LogP contribution in [0.2, 0.25) is 0 Å². The number of unbranched alkanes of at least 4 members (excludes halogenated alkanes) is 1. The lowest BCUT2D eigenvalue weighted by Crippen LogP contribution is -1.93. The quantitative estimate of drug-likeness (QED) is 0.384. The first kappa shape index (κ1) is 11.8. The topological polar surface area (TPSA) is 20.2 Å². The van der Waals surface area contributed by atoms with Crippen molar-refractivity contribution < 1.29 is 5.11 Å². The van der Waals surface area contributed by atoms with Crippen molar-refractivity contribution in [2.24, 2.45) is 0 Å². The van der Waals surface area contributed by atoms with Gasteiger partial charge in [-0.3, -0.25) is 0 Å². The largest absolute Gasteiger partial charge is 0.396 e. The van der Waals surface area contributed by atoms with Crippen LogP contribution in [0.1, 0.15) is 26.7 Å². The van der Waals surface area contributed by atoms with E-state index in [0.29, 0.717) is 5.25 Å². The van der Waals surface area contributed by atoms with Crippen LogP contribution in [0.5, 0.6) is 0 Å². The molecule has 0 aromatic carbocycles. The third-order valence-electron chi connectivity index (χ3n) is 1.65. The first-order valence-corrected chi connectivity index (χ1v) is 4.85. The van der Waals surface area contributed by atoms with Gasteiger partial charge in [-0.1, -0.05) is 18.2 Å². The predicted octanol–water partition coefficient (Wildman–Crippen LogP) is 2.58. The van der Waals surface area contributed by atoms with Crippen LogP contribution in [0, 0.1) is 0 Å². The monoisotopic (exact) mass is 186 g/mol. The highest BCUT2D eigenvalue weighted by atomic mass is 32.1. The molecule has 0 radical (unpaired) electrons. The Hall–Kier alpha value is -0.210. The van der Waals surface area contributed by atoms with Crippen molar-refractivity contribution >= 4 is 12.6 Å². The fraction of sp³-hybridized carbons (Fsp3) is 0.600. The molecule has 0 spiro atoms. The third kappa shape index (κ3) is 5.44. The van der Waals surface area contributed by atoms with Gasteiger partial charge < -0.3 is 5.11 Å². The van der Waals surface area contributed by atoms with Crippen molar-refractivity contribution in [2.75, 3.05) is 6.61 Å². The highest BCUT2D eigenvalue weighted by Crippen LogP contribution is 2.10. The summed E-state index contributed by atoms with van der Waals surface area (Å²) in [6.07, 6.45) is 8.00. The van der Waals surface area contributed by atoms with Gasteiger partial charge in [-0.25, -0.2) is 0 Å². The zero-order chi connectivity index (χ0) is 9.40. The number of thiol groups is 1. The highest BCUT2D eigenvalue weighted by molar-refractivity contribution is 7.81. The van der Waals surface area contributed by atoms with Crippen molar-refractivity contribution in [3.63, 3.8) is 0 Å². The van der Waals surface area contributed by atoms with Crippen LogP contribution < -0.4 is 0 Å². The van der Waals surface area contributed by atoms with Crippen LogP contribution in [0.4, 0.5) is 0 Å². The highest BCUT2D eigenvalue weighted by Gasteiger charge is 1.96. The number of rotatable bonds is 5. The maximum absolute atomic E-state index is 8.53. The van der Waals surface area contributed by atoms with Crippen molar-refractivity contribution in [1.29, 1.82) is 0 Å². The van der Waals surface area contributed by atoms with Gasteiger partial charge in [0.2, 0.25) is 0 Å². The molecular weight excluding hydrogens is 168 g/mol. The molecule has 0 aliphatic carbocycles. The molecule has 0 fully saturated rings. The molecule has 0 heterocycles. The Morgan fingerprint density at radius 3 is 2.67 bits per heavy atom. The Bertz CT molecular complexity index is 159. The van der Waals surface area contributed by atoms with Gasteiger partial charge in [-0.2, -0.15) is 12.6 Å². The van der Waals surface area contributed by atoms with Gasteiger partial charge in [0.15, 0.2) is 0 Å². The summed E-state index contributed by atoms with van der Waals surface area (Å²) < 4.78 is 0. The lowest BCUT2D eigenvalue weighted by molar-refractivity contribution is 0.289. The van der Waals surface area contributed by atoms with Gasteiger partial charge >= 0.3 is 0 Å². The molecule has 0 rings (SSSR count). The Kier molecular flexibility index (Phi) is 7.31. The minimum atomic E-state index is 0.270. The molecule has 70 valence electrons. The van der Waals surface area contributed by atoms with E-state index in [1.165, 1.54) is 5.57 Å². The summed E-state index contributed by atoms with van der Waals surface area (Å²) >= 11 is 4.33. The van der Waals surface area contributed by atoms with E-state index in [-0.39, 0.29) is 6.61 Å². The molecule has 0 aliphatic rings. The fourth-order valence-corrected chi connectivity index (χ4v) is 1.14. The molecule has 12 heavy (non-hydrogen) atoms. The average molecular weight is 186 g/mol. The Labute approximate surface area is 80.6 Å². The molecule has 1 unspecified atom stereocenters. The number of hydrogen-bond donors (Lipinski definition) is 2. The zero-order valence-electron chi connectivity index (χ0n) is 7.83. The Morgan fingerprint density at radius 1 is 1.58 bits per heavy atom. The SMILES string of the molecule is C/C=C(\C=C/CCCO)C(C)S. The minimum absolute atomic E-state index is 0.270. The molecule has 1 atom stereocenters. The first-order valence-electron chi connectivity index (χ1n) is 4.34. The Morgan fingerprint density at radius 2 is 2.25 bits per heavy atom. The second-order valence-electron chi connectivity index (χ2n) is 2.73. The molecule has 0 aromatic rings. The fourth-order valence-electron chi connectivity index (χ4n) is 0.905. The summed E-state index contributed by atoms with van der Waals surface area (Å²) in [5.41, 5.74) is 1.23. The molecule has 0 aliphatic heterocycles. The maximum atomic E-state index is 8.53. The van der Waals surface area contributed by atoms with E-state index in [1.807, 2.05) is 6.92 Å². The molecule has 2 heteroatoms. The molecule has 0 saturated heterocycles. The van der Waals surface area contributed by atoms with Crippen LogP contribution in [0.15, 0.2) is 23.8 Å². The third-order valence-corrected chi connectivity index (χ3v) is 1.95. The van der Waals surface area contributed by atoms with Gasteiger partial charge in [-0.05, 0) is 32.3 Å². The molecule has 0 amide bonds. The second kappa shape index (κ2) is 7.44. The van der Waals surface area contributed by atoms with E-state index < -0.39 is 0 Å². The van der Waals surface area contributed by atoms with E-state index in [0.717, 1.165) is 12.8 Å². The van der Waals surface area contributed by atoms with Crippen molar-refractivity contribution in [3.05, 3.63) is 23.8 Å². The Balaban J connectivity index is 3.79. The zero-order valence-corrected chi connectivity index (χ0v) is 8.72. The van der Waals surface area contributed by atoms with Crippen LogP contribution >= 0.6 is 12.6 Å². The van der Waals surface area contributed by atoms with E-state index >= 15 is 0 Å². The lowest BCUT2D eigenvalue weighted by Gasteiger charge is -2.03. The van der Waals surface area contributed by atoms with Crippen molar-refractivity contribution in [1.82, 2.24) is 0 Å². The summed E-state index contributed by atoms with van der Waals surface area (Å²) in [5, 5.41) is 8.83. The van der Waals surface area contributed by atoms with E-state index in [4.69, 9.17) is 5.11 Å². The summed E-state index contributed by atoms with van der Waals surface area (Å²) in [6, 6.07) is 0. The van der Waals surface area contributed by atoms with Crippen molar-refractivity contribution in [3.8, 4) is 0 Å². The summed E-state index contributed by atoms with van der Waals surface area (Å²) in [7, 11) is 0. The molecule has 0 bridgehead atoms. The number of aliphatic hydroxyl groups excluding tert-OH is 1. The van der Waals surface area contributed by atoms with Crippen LogP contribution in [0.3, 0.4) is 0 Å². The van der Waals surface area contributed by atoms with E-state index in [1.54, 1.807) is 0 Å². The molecular formula is C10H18OS. The number of hydrogen-bond acceptors (Lipinski definition) is 2. The van der Waals surface area contributed by atoms with Gasteiger partial charge in [-0.15, -0.1) is 0 Å². The normalized spacial score (nSPS) is 15.5. The van der Waals surface area contributed by atoms with Gasteiger partial charge in [0.1, 0.15) is 0 Å². The van der Waals surface area contributed by atoms with Crippen LogP contribution in [-0.4, -0.2) is 17.0 Å². The summed E-state index contributed by atoms with van der Waals surface area (Å²) in [6.45, 7) is 4.33. The van der Waals surface area contributed by atoms with Gasteiger partial charge in [0.05, 0.1) is 0 Å². The summed E-state index contributed by atoms with van der Waals surface area (Å²) in [5.74, 6) is 0. The molecule has 0 saturated carbocycles. The average Bonchev–Trinajstić information content (AvgIpc) is 2.04. The van der Waals surface area contributed by atoms with Gasteiger partial charge in [0, 0.05) is 11.9 Å². The molecule has 1 nitrogen and oxygen atoms in total. The van der Waals surface area contributed by atoms with Gasteiger partial charge in [0.25, 0.3) is 0 Å². The second-order valence-corrected chi connectivity index (χ2v) is 3.51. The summed E-state index contributed by atoms with van der Waals surface area (Å²) in [4.78, 5) is 0. The van der Waals surface area contributed by atoms with Crippen LogP contribution in [0.25, 0.3) is 0 Å². The van der Waals surface area contributed by atoms with Crippen LogP contribution in [-0.2, 0) is 0 Å². The van der Waals surface area contributed by atoms with Crippen molar-refractivity contribution in [2.45, 2.75) is 31.9 Å². The minimum Gasteiger partial charge on any atom is -0.396 e. The maximum Gasteiger partial charge on any atom is 0.0433 e. The first-order chi connectivity index (χ1) is 5.72. The predicted molar refractivity (Wildman–Crippen MR) is 57.7 cm³/mol. The number of allylic oxidation sites excluding steroid dienone is 3. The standard InChI is InChI=1S/C10H18OS/c1-3-10(9(2)12)7-5-4-6-8-11/h3,5,7,9,11-12H,4,6,8H2,1-2H3/b7-5-,10-3+. The van der Waals surface area contributed by atoms with E-state index in [2.05, 4.69) is 37.8 Å². The molecule has 1 N–H and O–H groups in total. The van der Waals surface area contributed by atoms with E-state index in [9.17, 15) is 0 Å². The smallest absolute Gasteiger partial charge is 0.0433 e. The lowest BCUT2D eigenvalue weighted by atomic mass is 10.1.